The average molecular weight is 403 g/mol. The molecule has 0 aliphatic rings. The molecule has 15 heavy (non-hydrogen) atoms. The summed E-state index contributed by atoms with van der Waals surface area (Å²) in [5.74, 6) is -0.753. The fraction of sp³-hybridized carbons (Fsp3) is 0.125. The van der Waals surface area contributed by atoms with E-state index >= 15 is 0 Å². The first-order valence-corrected chi connectivity index (χ1v) is 7.43. The van der Waals surface area contributed by atoms with Gasteiger partial charge in [0.05, 0.1) is 6.26 Å². The van der Waals surface area contributed by atoms with Crippen molar-refractivity contribution < 1.29 is 13.5 Å². The topological polar surface area (TPSA) is 69.6 Å². The number of nitrogens with zero attached hydrogens (tertiary/aromatic N) is 1. The minimum absolute atomic E-state index is 0.249. The molecule has 1 rings (SSSR count). The Kier molecular flexibility index (Phi) is 4.13. The van der Waals surface area contributed by atoms with Crippen molar-refractivity contribution in [3.8, 4) is 0 Å². The highest BCUT2D eigenvalue weighted by molar-refractivity contribution is 14.1. The molecular formula is C8H6BrINO3S-. The van der Waals surface area contributed by atoms with Crippen molar-refractivity contribution in [2.24, 2.45) is 4.40 Å². The lowest BCUT2D eigenvalue weighted by Crippen LogP contribution is -2.20. The SMILES string of the molecule is CS(=O)(=O)/N=C(/[O-])c1cc(Br)cc(I)c1. The molecule has 0 heterocycles. The summed E-state index contributed by atoms with van der Waals surface area (Å²) in [6, 6.07) is 4.90. The zero-order valence-electron chi connectivity index (χ0n) is 7.57. The Hall–Kier alpha value is -0.150. The van der Waals surface area contributed by atoms with Crippen LogP contribution in [0.1, 0.15) is 5.56 Å². The van der Waals surface area contributed by atoms with Crippen LogP contribution in [0.4, 0.5) is 0 Å². The van der Waals surface area contributed by atoms with Gasteiger partial charge in [0.1, 0.15) is 0 Å². The summed E-state index contributed by atoms with van der Waals surface area (Å²) in [5.41, 5.74) is 0.249. The van der Waals surface area contributed by atoms with E-state index in [9.17, 15) is 13.5 Å². The third-order valence-electron chi connectivity index (χ3n) is 1.36. The maximum atomic E-state index is 11.4. The van der Waals surface area contributed by atoms with Gasteiger partial charge in [-0.25, -0.2) is 8.42 Å². The van der Waals surface area contributed by atoms with Crippen molar-refractivity contribution in [3.05, 3.63) is 31.8 Å². The molecule has 0 saturated carbocycles. The van der Waals surface area contributed by atoms with Gasteiger partial charge in [-0.05, 0) is 46.4 Å². The van der Waals surface area contributed by atoms with Gasteiger partial charge in [0.2, 0.25) is 10.0 Å². The Balaban J connectivity index is 3.23. The van der Waals surface area contributed by atoms with E-state index in [4.69, 9.17) is 0 Å². The van der Waals surface area contributed by atoms with Gasteiger partial charge in [-0.1, -0.05) is 15.9 Å². The van der Waals surface area contributed by atoms with Crippen molar-refractivity contribution in [3.63, 3.8) is 0 Å². The predicted molar refractivity (Wildman–Crippen MR) is 68.2 cm³/mol. The molecule has 0 fully saturated rings. The van der Waals surface area contributed by atoms with Gasteiger partial charge in [-0.15, -0.1) is 0 Å². The summed E-state index contributed by atoms with van der Waals surface area (Å²) < 4.78 is 26.2. The van der Waals surface area contributed by atoms with Crippen LogP contribution in [0.25, 0.3) is 0 Å². The molecule has 1 aromatic carbocycles. The van der Waals surface area contributed by atoms with Crippen LogP contribution in [-0.2, 0) is 10.0 Å². The van der Waals surface area contributed by atoms with E-state index in [0.29, 0.717) is 4.47 Å². The van der Waals surface area contributed by atoms with Crippen LogP contribution in [0.2, 0.25) is 0 Å². The number of benzene rings is 1. The molecule has 1 aromatic rings. The van der Waals surface area contributed by atoms with E-state index in [-0.39, 0.29) is 5.56 Å². The average Bonchev–Trinajstić information content (AvgIpc) is 1.98. The molecule has 0 N–H and O–H groups in total. The zero-order valence-corrected chi connectivity index (χ0v) is 12.1. The van der Waals surface area contributed by atoms with Gasteiger partial charge in [0.15, 0.2) is 0 Å². The second-order valence-electron chi connectivity index (χ2n) is 2.79. The molecule has 0 aliphatic heterocycles. The van der Waals surface area contributed by atoms with E-state index in [1.165, 1.54) is 6.07 Å². The Morgan fingerprint density at radius 1 is 1.47 bits per heavy atom. The quantitative estimate of drug-likeness (QED) is 0.423. The van der Waals surface area contributed by atoms with Crippen molar-refractivity contribution in [1.82, 2.24) is 0 Å². The van der Waals surface area contributed by atoms with Crippen LogP contribution in [0, 0.1) is 3.57 Å². The van der Waals surface area contributed by atoms with Gasteiger partial charge in [-0.2, -0.15) is 4.40 Å². The fourth-order valence-corrected chi connectivity index (χ4v) is 2.88. The van der Waals surface area contributed by atoms with Crippen LogP contribution >= 0.6 is 38.5 Å². The van der Waals surface area contributed by atoms with E-state index < -0.39 is 15.9 Å². The van der Waals surface area contributed by atoms with Gasteiger partial charge in [0.25, 0.3) is 0 Å². The monoisotopic (exact) mass is 402 g/mol. The fourth-order valence-electron chi connectivity index (χ4n) is 0.881. The third-order valence-corrected chi connectivity index (χ3v) is 2.94. The smallest absolute Gasteiger partial charge is 0.249 e. The molecular weight excluding hydrogens is 397 g/mol. The Morgan fingerprint density at radius 3 is 2.53 bits per heavy atom. The van der Waals surface area contributed by atoms with Gasteiger partial charge in [-0.3, -0.25) is 0 Å². The number of sulfonamides is 1. The highest BCUT2D eigenvalue weighted by atomic mass is 127. The van der Waals surface area contributed by atoms with E-state index in [2.05, 4.69) is 20.3 Å². The van der Waals surface area contributed by atoms with Gasteiger partial charge in [0, 0.05) is 13.9 Å². The lowest BCUT2D eigenvalue weighted by atomic mass is 10.2. The van der Waals surface area contributed by atoms with Gasteiger partial charge < -0.3 is 5.11 Å². The van der Waals surface area contributed by atoms with E-state index in [1.54, 1.807) is 12.1 Å². The minimum atomic E-state index is -3.64. The molecule has 82 valence electrons. The maximum Gasteiger partial charge on any atom is 0.249 e. The largest absolute Gasteiger partial charge is 0.858 e. The van der Waals surface area contributed by atoms with Gasteiger partial charge >= 0.3 is 0 Å². The van der Waals surface area contributed by atoms with Crippen molar-refractivity contribution in [1.29, 1.82) is 0 Å². The van der Waals surface area contributed by atoms with E-state index in [0.717, 1.165) is 9.83 Å². The molecule has 0 saturated heterocycles. The predicted octanol–water partition coefficient (Wildman–Crippen LogP) is 1.12. The minimum Gasteiger partial charge on any atom is -0.858 e. The highest BCUT2D eigenvalue weighted by Gasteiger charge is 2.01. The van der Waals surface area contributed by atoms with Crippen molar-refractivity contribution in [2.75, 3.05) is 6.26 Å². The van der Waals surface area contributed by atoms with Crippen molar-refractivity contribution >= 4 is 54.4 Å². The molecule has 0 radical (unpaired) electrons. The summed E-state index contributed by atoms with van der Waals surface area (Å²) in [6.45, 7) is 0. The molecule has 0 amide bonds. The zero-order chi connectivity index (χ0) is 11.6. The molecule has 0 aliphatic carbocycles. The third kappa shape index (κ3) is 4.47. The molecule has 0 atom stereocenters. The number of halogens is 2. The summed E-state index contributed by atoms with van der Waals surface area (Å²) >= 11 is 5.24. The molecule has 0 bridgehead atoms. The van der Waals surface area contributed by atoms with Crippen LogP contribution in [0.15, 0.2) is 27.1 Å². The summed E-state index contributed by atoms with van der Waals surface area (Å²) in [4.78, 5) is 0. The second kappa shape index (κ2) is 4.79. The normalized spacial score (nSPS) is 12.9. The summed E-state index contributed by atoms with van der Waals surface area (Å²) in [6.07, 6.45) is 0.883. The Labute approximate surface area is 110 Å². The van der Waals surface area contributed by atoms with Crippen LogP contribution in [0.3, 0.4) is 0 Å². The van der Waals surface area contributed by atoms with Crippen LogP contribution in [-0.4, -0.2) is 20.6 Å². The standard InChI is InChI=1S/C8H7BrINO3S/c1-15(13,14)11-8(12)5-2-6(9)4-7(10)3-5/h2-4H,1H3,(H,11,12)/p-1. The summed E-state index contributed by atoms with van der Waals surface area (Å²) in [7, 11) is -3.64. The summed E-state index contributed by atoms with van der Waals surface area (Å²) in [5, 5.41) is 11.4. The Bertz CT molecular complexity index is 492. The highest BCUT2D eigenvalue weighted by Crippen LogP contribution is 2.17. The molecule has 7 heteroatoms. The molecule has 0 aromatic heterocycles. The number of hydrogen-bond donors (Lipinski definition) is 0. The lowest BCUT2D eigenvalue weighted by Gasteiger charge is -2.10. The van der Waals surface area contributed by atoms with Crippen molar-refractivity contribution in [2.45, 2.75) is 0 Å². The number of hydrogen-bond acceptors (Lipinski definition) is 3. The molecule has 4 nitrogen and oxygen atoms in total. The number of rotatable bonds is 2. The maximum absolute atomic E-state index is 11.4. The van der Waals surface area contributed by atoms with Crippen LogP contribution < -0.4 is 5.11 Å². The second-order valence-corrected chi connectivity index (χ2v) is 6.60. The first kappa shape index (κ1) is 12.9. The molecule has 0 unspecified atom stereocenters. The first-order chi connectivity index (χ1) is 6.78. The molecule has 0 spiro atoms. The Morgan fingerprint density at radius 2 is 2.07 bits per heavy atom. The first-order valence-electron chi connectivity index (χ1n) is 3.71. The van der Waals surface area contributed by atoms with Crippen LogP contribution in [0.5, 0.6) is 0 Å². The lowest BCUT2D eigenvalue weighted by molar-refractivity contribution is -0.212. The van der Waals surface area contributed by atoms with E-state index in [1.807, 2.05) is 22.6 Å².